The number of hydrogen-bond acceptors (Lipinski definition) is 4. The van der Waals surface area contributed by atoms with Gasteiger partial charge in [0, 0.05) is 12.1 Å². The highest BCUT2D eigenvalue weighted by Crippen LogP contribution is 2.22. The van der Waals surface area contributed by atoms with Gasteiger partial charge in [-0.1, -0.05) is 0 Å². The quantitative estimate of drug-likeness (QED) is 0.433. The molecule has 1 fully saturated rings. The zero-order chi connectivity index (χ0) is 10.1. The van der Waals surface area contributed by atoms with Crippen molar-refractivity contribution in [3.63, 3.8) is 0 Å². The standard InChI is InChI=1S/C9H12N2O3/c12-6-3-1-5(2-4-6)7-8(13)11-9(14)10-7/h1-4,7-14H/p+1. The predicted octanol–water partition coefficient (Wildman–Crippen LogP) is -1.05. The first-order valence-electron chi connectivity index (χ1n) is 4.36. The average Bonchev–Trinajstić information content (AvgIpc) is 2.47. The van der Waals surface area contributed by atoms with Crippen molar-refractivity contribution in [3.8, 4) is 5.75 Å². The van der Waals surface area contributed by atoms with Crippen molar-refractivity contribution in [2.24, 2.45) is 0 Å². The highest BCUT2D eigenvalue weighted by atomic mass is 16.3. The fourth-order valence-electron chi connectivity index (χ4n) is 1.54. The molecule has 2 rings (SSSR count). The molecule has 1 heterocycles. The summed E-state index contributed by atoms with van der Waals surface area (Å²) >= 11 is 0. The molecule has 1 aliphatic heterocycles. The topological polar surface area (TPSA) is 87.4 Å². The summed E-state index contributed by atoms with van der Waals surface area (Å²) in [7, 11) is 0. The van der Waals surface area contributed by atoms with E-state index >= 15 is 0 Å². The molecular formula is C9H13N2O3+. The lowest BCUT2D eigenvalue weighted by Gasteiger charge is -2.13. The van der Waals surface area contributed by atoms with E-state index in [4.69, 9.17) is 10.2 Å². The van der Waals surface area contributed by atoms with E-state index in [1.165, 1.54) is 0 Å². The van der Waals surface area contributed by atoms with Gasteiger partial charge in [-0.2, -0.15) is 0 Å². The minimum Gasteiger partial charge on any atom is -0.593 e. The van der Waals surface area contributed by atoms with E-state index < -0.39 is 12.6 Å². The van der Waals surface area contributed by atoms with Crippen molar-refractivity contribution in [1.29, 1.82) is 0 Å². The second kappa shape index (κ2) is 3.55. The van der Waals surface area contributed by atoms with Crippen molar-refractivity contribution < 1.29 is 15.3 Å². The van der Waals surface area contributed by atoms with E-state index in [0.29, 0.717) is 5.75 Å². The van der Waals surface area contributed by atoms with Gasteiger partial charge in [-0.3, -0.25) is 10.6 Å². The first kappa shape index (κ1) is 9.42. The number of rotatable bonds is 1. The molecule has 3 unspecified atom stereocenters. The molecule has 1 aliphatic rings. The molecule has 0 bridgehead atoms. The maximum absolute atomic E-state index is 9.50. The van der Waals surface area contributed by atoms with Gasteiger partial charge in [0.15, 0.2) is 6.35 Å². The molecule has 0 aromatic heterocycles. The van der Waals surface area contributed by atoms with Crippen LogP contribution in [0.5, 0.6) is 5.75 Å². The van der Waals surface area contributed by atoms with Gasteiger partial charge in [-0.25, -0.2) is 0 Å². The third-order valence-electron chi connectivity index (χ3n) is 2.25. The molecule has 5 heteroatoms. The van der Waals surface area contributed by atoms with Crippen molar-refractivity contribution in [2.45, 2.75) is 18.6 Å². The minimum atomic E-state index is -0.884. The summed E-state index contributed by atoms with van der Waals surface area (Å²) in [5.41, 5.74) is 0.845. The largest absolute Gasteiger partial charge is 0.593 e. The summed E-state index contributed by atoms with van der Waals surface area (Å²) in [6.07, 6.45) is -1.69. The van der Waals surface area contributed by atoms with Crippen LogP contribution in [0.3, 0.4) is 0 Å². The maximum Gasteiger partial charge on any atom is 0.253 e. The molecule has 76 valence electrons. The third kappa shape index (κ3) is 1.71. The second-order valence-corrected chi connectivity index (χ2v) is 3.28. The maximum atomic E-state index is 9.50. The molecule has 0 spiro atoms. The van der Waals surface area contributed by atoms with Gasteiger partial charge in [0.25, 0.3) is 5.75 Å². The van der Waals surface area contributed by atoms with Crippen molar-refractivity contribution in [1.82, 2.24) is 10.6 Å². The summed E-state index contributed by atoms with van der Waals surface area (Å²) in [4.78, 5) is 0. The number of benzene rings is 1. The molecule has 0 saturated carbocycles. The van der Waals surface area contributed by atoms with Crippen LogP contribution < -0.4 is 10.6 Å². The smallest absolute Gasteiger partial charge is 0.253 e. The summed E-state index contributed by atoms with van der Waals surface area (Å²) < 4.78 is 0. The lowest BCUT2D eigenvalue weighted by Crippen LogP contribution is -2.32. The Hall–Kier alpha value is -1.14. The summed E-state index contributed by atoms with van der Waals surface area (Å²) in [6.45, 7) is 0. The fourth-order valence-corrected chi connectivity index (χ4v) is 1.54. The van der Waals surface area contributed by atoms with Crippen molar-refractivity contribution >= 4 is 0 Å². The van der Waals surface area contributed by atoms with Crippen LogP contribution in [-0.4, -0.2) is 27.9 Å². The second-order valence-electron chi connectivity index (χ2n) is 3.28. The Morgan fingerprint density at radius 3 is 2.21 bits per heavy atom. The Bertz CT molecular complexity index is 314. The Morgan fingerprint density at radius 2 is 1.71 bits per heavy atom. The Morgan fingerprint density at radius 1 is 1.07 bits per heavy atom. The monoisotopic (exact) mass is 197 g/mol. The first-order valence-corrected chi connectivity index (χ1v) is 4.36. The van der Waals surface area contributed by atoms with Gasteiger partial charge in [0.1, 0.15) is 6.23 Å². The van der Waals surface area contributed by atoms with Gasteiger partial charge < -0.3 is 15.3 Å². The van der Waals surface area contributed by atoms with Crippen LogP contribution in [0.2, 0.25) is 0 Å². The highest BCUT2D eigenvalue weighted by molar-refractivity contribution is 5.29. The molecule has 5 nitrogen and oxygen atoms in total. The van der Waals surface area contributed by atoms with Gasteiger partial charge in [-0.15, -0.1) is 0 Å². The zero-order valence-corrected chi connectivity index (χ0v) is 7.44. The Kier molecular flexibility index (Phi) is 2.39. The molecule has 14 heavy (non-hydrogen) atoms. The average molecular weight is 197 g/mol. The van der Waals surface area contributed by atoms with E-state index in [2.05, 4.69) is 10.6 Å². The van der Waals surface area contributed by atoms with Crippen molar-refractivity contribution in [2.75, 3.05) is 0 Å². The molecular weight excluding hydrogens is 184 g/mol. The van der Waals surface area contributed by atoms with E-state index in [0.717, 1.165) is 5.56 Å². The molecule has 1 aromatic rings. The summed E-state index contributed by atoms with van der Waals surface area (Å²) in [6, 6.07) is 6.47. The SMILES string of the molecule is OC1NC(O)C(c2ccc([OH2+])cc2)N1. The van der Waals surface area contributed by atoms with Crippen LogP contribution in [0.4, 0.5) is 0 Å². The van der Waals surface area contributed by atoms with Gasteiger partial charge >= 0.3 is 0 Å². The van der Waals surface area contributed by atoms with Gasteiger partial charge in [0.2, 0.25) is 0 Å². The summed E-state index contributed by atoms with van der Waals surface area (Å²) in [5.74, 6) is 0.426. The van der Waals surface area contributed by atoms with Crippen LogP contribution in [0, 0.1) is 0 Å². The lowest BCUT2D eigenvalue weighted by atomic mass is 10.1. The van der Waals surface area contributed by atoms with Crippen LogP contribution in [0.15, 0.2) is 24.3 Å². The van der Waals surface area contributed by atoms with Crippen LogP contribution in [0.1, 0.15) is 11.6 Å². The number of hydrogen-bond donors (Lipinski definition) is 4. The van der Waals surface area contributed by atoms with Gasteiger partial charge in [-0.05, 0) is 17.7 Å². The van der Waals surface area contributed by atoms with Crippen molar-refractivity contribution in [3.05, 3.63) is 29.8 Å². The molecule has 0 amide bonds. The first-order chi connectivity index (χ1) is 6.66. The number of nitrogens with one attached hydrogen (secondary N) is 2. The van der Waals surface area contributed by atoms with E-state index in [9.17, 15) is 5.11 Å². The van der Waals surface area contributed by atoms with E-state index in [-0.39, 0.29) is 6.04 Å². The Balaban J connectivity index is 2.19. The zero-order valence-electron chi connectivity index (χ0n) is 7.44. The highest BCUT2D eigenvalue weighted by Gasteiger charge is 2.31. The fraction of sp³-hybridized carbons (Fsp3) is 0.333. The number of aliphatic hydroxyl groups excluding tert-OH is 2. The van der Waals surface area contributed by atoms with E-state index in [1.54, 1.807) is 24.3 Å². The van der Waals surface area contributed by atoms with Crippen LogP contribution >= 0.6 is 0 Å². The lowest BCUT2D eigenvalue weighted by molar-refractivity contribution is 0.0904. The molecule has 6 N–H and O–H groups in total. The predicted molar refractivity (Wildman–Crippen MR) is 50.5 cm³/mol. The normalized spacial score (nSPS) is 32.0. The van der Waals surface area contributed by atoms with Gasteiger partial charge in [0.05, 0.1) is 6.04 Å². The van der Waals surface area contributed by atoms with E-state index in [1.807, 2.05) is 0 Å². The molecule has 0 radical (unpaired) electrons. The van der Waals surface area contributed by atoms with Crippen LogP contribution in [0.25, 0.3) is 0 Å². The molecule has 1 aromatic carbocycles. The summed E-state index contributed by atoms with van der Waals surface area (Å²) in [5, 5.41) is 31.3. The Labute approximate surface area is 81.0 Å². The number of aliphatic hydroxyl groups is 2. The molecule has 1 saturated heterocycles. The molecule has 0 aliphatic carbocycles. The van der Waals surface area contributed by atoms with Crippen LogP contribution in [-0.2, 0) is 0 Å². The minimum absolute atomic E-state index is 0.328. The molecule has 3 atom stereocenters. The third-order valence-corrected chi connectivity index (χ3v) is 2.25.